The van der Waals surface area contributed by atoms with Crippen LogP contribution in [0.1, 0.15) is 49.9 Å². The SMILES string of the molecule is CCCCC(CC)C(=O)c1cn(C)c2cc(Cl)ccc12. The van der Waals surface area contributed by atoms with Crippen molar-refractivity contribution in [2.24, 2.45) is 13.0 Å². The number of halogens is 1. The molecule has 1 atom stereocenters. The van der Waals surface area contributed by atoms with E-state index >= 15 is 0 Å². The summed E-state index contributed by atoms with van der Waals surface area (Å²) in [5.74, 6) is 0.408. The van der Waals surface area contributed by atoms with Gasteiger partial charge >= 0.3 is 0 Å². The predicted molar refractivity (Wildman–Crippen MR) is 85.6 cm³/mol. The number of unbranched alkanes of at least 4 members (excludes halogenated alkanes) is 1. The zero-order valence-electron chi connectivity index (χ0n) is 12.4. The quantitative estimate of drug-likeness (QED) is 0.668. The van der Waals surface area contributed by atoms with Crippen LogP contribution in [-0.4, -0.2) is 10.4 Å². The molecule has 0 aliphatic heterocycles. The topological polar surface area (TPSA) is 22.0 Å². The second-order valence-electron chi connectivity index (χ2n) is 5.43. The van der Waals surface area contributed by atoms with Gasteiger partial charge in [-0.25, -0.2) is 0 Å². The van der Waals surface area contributed by atoms with Crippen LogP contribution >= 0.6 is 11.6 Å². The number of hydrogen-bond acceptors (Lipinski definition) is 1. The zero-order valence-corrected chi connectivity index (χ0v) is 13.2. The number of ketones is 1. The third-order valence-electron chi connectivity index (χ3n) is 3.99. The summed E-state index contributed by atoms with van der Waals surface area (Å²) in [6.07, 6.45) is 6.08. The van der Waals surface area contributed by atoms with Crippen molar-refractivity contribution in [2.75, 3.05) is 0 Å². The van der Waals surface area contributed by atoms with E-state index in [9.17, 15) is 4.79 Å². The number of carbonyl (C=O) groups is 1. The van der Waals surface area contributed by atoms with Crippen molar-refractivity contribution in [1.82, 2.24) is 4.57 Å². The van der Waals surface area contributed by atoms with Crippen molar-refractivity contribution in [3.8, 4) is 0 Å². The Bertz CT molecular complexity index is 615. The van der Waals surface area contributed by atoms with Crippen molar-refractivity contribution >= 4 is 28.3 Å². The summed E-state index contributed by atoms with van der Waals surface area (Å²) in [7, 11) is 1.96. The Labute approximate surface area is 125 Å². The smallest absolute Gasteiger partial charge is 0.168 e. The van der Waals surface area contributed by atoms with Crippen molar-refractivity contribution in [2.45, 2.75) is 39.5 Å². The van der Waals surface area contributed by atoms with Crippen LogP contribution in [0.15, 0.2) is 24.4 Å². The maximum absolute atomic E-state index is 12.7. The van der Waals surface area contributed by atoms with Gasteiger partial charge in [-0.2, -0.15) is 0 Å². The molecule has 0 bridgehead atoms. The Morgan fingerprint density at radius 2 is 2.10 bits per heavy atom. The van der Waals surface area contributed by atoms with Crippen molar-refractivity contribution < 1.29 is 4.79 Å². The van der Waals surface area contributed by atoms with Crippen molar-refractivity contribution in [1.29, 1.82) is 0 Å². The lowest BCUT2D eigenvalue weighted by molar-refractivity contribution is 0.0909. The van der Waals surface area contributed by atoms with Gasteiger partial charge in [-0.1, -0.05) is 44.4 Å². The van der Waals surface area contributed by atoms with E-state index in [0.717, 1.165) is 42.1 Å². The second-order valence-corrected chi connectivity index (χ2v) is 5.86. The summed E-state index contributed by atoms with van der Waals surface area (Å²) < 4.78 is 1.99. The molecule has 0 spiro atoms. The molecular weight excluding hydrogens is 270 g/mol. The molecule has 2 aromatic rings. The molecule has 0 fully saturated rings. The average molecular weight is 292 g/mol. The van der Waals surface area contributed by atoms with Crippen LogP contribution in [0, 0.1) is 5.92 Å². The van der Waals surface area contributed by atoms with Crippen LogP contribution in [0.2, 0.25) is 5.02 Å². The fraction of sp³-hybridized carbons (Fsp3) is 0.471. The lowest BCUT2D eigenvalue weighted by atomic mass is 9.90. The van der Waals surface area contributed by atoms with Gasteiger partial charge in [-0.3, -0.25) is 4.79 Å². The number of rotatable bonds is 6. The number of Topliss-reactive ketones (excluding diaryl/α,β-unsaturated/α-hetero) is 1. The molecule has 20 heavy (non-hydrogen) atoms. The van der Waals surface area contributed by atoms with E-state index in [1.54, 1.807) is 0 Å². The molecular formula is C17H22ClNO. The molecule has 1 unspecified atom stereocenters. The van der Waals surface area contributed by atoms with E-state index in [1.807, 2.05) is 36.0 Å². The Kier molecular flexibility index (Phi) is 4.87. The minimum Gasteiger partial charge on any atom is -0.350 e. The minimum absolute atomic E-state index is 0.135. The third kappa shape index (κ3) is 2.90. The number of aryl methyl sites for hydroxylation is 1. The highest BCUT2D eigenvalue weighted by Crippen LogP contribution is 2.28. The zero-order chi connectivity index (χ0) is 14.7. The van der Waals surface area contributed by atoms with E-state index in [1.165, 1.54) is 0 Å². The van der Waals surface area contributed by atoms with Gasteiger partial charge in [0.15, 0.2) is 5.78 Å². The van der Waals surface area contributed by atoms with Gasteiger partial charge in [0, 0.05) is 40.7 Å². The van der Waals surface area contributed by atoms with Crippen molar-refractivity contribution in [3.63, 3.8) is 0 Å². The Balaban J connectivity index is 2.39. The highest BCUT2D eigenvalue weighted by Gasteiger charge is 2.21. The van der Waals surface area contributed by atoms with Gasteiger partial charge in [0.2, 0.25) is 0 Å². The van der Waals surface area contributed by atoms with Gasteiger partial charge in [0.25, 0.3) is 0 Å². The molecule has 2 nitrogen and oxygen atoms in total. The Morgan fingerprint density at radius 1 is 1.35 bits per heavy atom. The molecule has 108 valence electrons. The molecule has 0 aliphatic rings. The molecule has 0 aliphatic carbocycles. The Hall–Kier alpha value is -1.28. The fourth-order valence-electron chi connectivity index (χ4n) is 2.74. The first kappa shape index (κ1) is 15.1. The number of carbonyl (C=O) groups excluding carboxylic acids is 1. The lowest BCUT2D eigenvalue weighted by Gasteiger charge is -2.12. The monoisotopic (exact) mass is 291 g/mol. The first-order valence-electron chi connectivity index (χ1n) is 7.37. The van der Waals surface area contributed by atoms with Crippen molar-refractivity contribution in [3.05, 3.63) is 35.0 Å². The van der Waals surface area contributed by atoms with E-state index in [4.69, 9.17) is 11.6 Å². The van der Waals surface area contributed by atoms with Crippen LogP contribution in [0.25, 0.3) is 10.9 Å². The normalized spacial score (nSPS) is 12.8. The highest BCUT2D eigenvalue weighted by atomic mass is 35.5. The first-order valence-corrected chi connectivity index (χ1v) is 7.75. The molecule has 2 rings (SSSR count). The number of hydrogen-bond donors (Lipinski definition) is 0. The third-order valence-corrected chi connectivity index (χ3v) is 4.22. The van der Waals surface area contributed by atoms with Gasteiger partial charge in [-0.05, 0) is 25.0 Å². The van der Waals surface area contributed by atoms with Gasteiger partial charge < -0.3 is 4.57 Å². The molecule has 0 amide bonds. The summed E-state index contributed by atoms with van der Waals surface area (Å²) in [4.78, 5) is 12.7. The second kappa shape index (κ2) is 6.45. The predicted octanol–water partition coefficient (Wildman–Crippen LogP) is 5.23. The van der Waals surface area contributed by atoms with E-state index in [0.29, 0.717) is 5.02 Å². The number of aromatic nitrogens is 1. The molecule has 0 N–H and O–H groups in total. The standard InChI is InChI=1S/C17H22ClNO/c1-4-6-7-12(5-2)17(20)15-11-19(3)16-10-13(18)8-9-14(15)16/h8-12H,4-7H2,1-3H3. The average Bonchev–Trinajstić information content (AvgIpc) is 2.76. The number of fused-ring (bicyclic) bond motifs is 1. The van der Waals surface area contributed by atoms with Crippen LogP contribution < -0.4 is 0 Å². The number of benzene rings is 1. The maximum Gasteiger partial charge on any atom is 0.168 e. The first-order chi connectivity index (χ1) is 9.58. The number of nitrogens with zero attached hydrogens (tertiary/aromatic N) is 1. The summed E-state index contributed by atoms with van der Waals surface area (Å²) in [6.45, 7) is 4.26. The lowest BCUT2D eigenvalue weighted by Crippen LogP contribution is -2.13. The van der Waals surface area contributed by atoms with Crippen LogP contribution in [0.4, 0.5) is 0 Å². The molecule has 3 heteroatoms. The van der Waals surface area contributed by atoms with Crippen LogP contribution in [0.5, 0.6) is 0 Å². The summed E-state index contributed by atoms with van der Waals surface area (Å²) in [5.41, 5.74) is 1.85. The largest absolute Gasteiger partial charge is 0.350 e. The molecule has 1 aromatic carbocycles. The highest BCUT2D eigenvalue weighted by molar-refractivity contribution is 6.31. The van der Waals surface area contributed by atoms with E-state index < -0.39 is 0 Å². The molecule has 0 saturated heterocycles. The minimum atomic E-state index is 0.135. The summed E-state index contributed by atoms with van der Waals surface area (Å²) in [6, 6.07) is 5.73. The van der Waals surface area contributed by atoms with Gasteiger partial charge in [0.1, 0.15) is 0 Å². The molecule has 1 aromatic heterocycles. The van der Waals surface area contributed by atoms with Crippen LogP contribution in [-0.2, 0) is 7.05 Å². The summed E-state index contributed by atoms with van der Waals surface area (Å²) in [5, 5.41) is 1.72. The van der Waals surface area contributed by atoms with Crippen LogP contribution in [0.3, 0.4) is 0 Å². The molecule has 0 radical (unpaired) electrons. The summed E-state index contributed by atoms with van der Waals surface area (Å²) >= 11 is 6.04. The van der Waals surface area contributed by atoms with E-state index in [-0.39, 0.29) is 11.7 Å². The van der Waals surface area contributed by atoms with Gasteiger partial charge in [0.05, 0.1) is 0 Å². The van der Waals surface area contributed by atoms with E-state index in [2.05, 4.69) is 13.8 Å². The molecule has 1 heterocycles. The molecule has 0 saturated carbocycles. The Morgan fingerprint density at radius 3 is 2.75 bits per heavy atom. The van der Waals surface area contributed by atoms with Gasteiger partial charge in [-0.15, -0.1) is 0 Å². The fourth-order valence-corrected chi connectivity index (χ4v) is 2.91. The maximum atomic E-state index is 12.7.